The number of alkyl halides is 3. The number of H-pyrrole nitrogens is 2. The number of carbonyl (C=O) groups excluding carboxylic acids is 1. The van der Waals surface area contributed by atoms with Crippen molar-refractivity contribution in [1.82, 2.24) is 19.6 Å². The zero-order valence-electron chi connectivity index (χ0n) is 13.2. The van der Waals surface area contributed by atoms with Gasteiger partial charge in [0.2, 0.25) is 4.77 Å². The molecule has 26 heavy (non-hydrogen) atoms. The highest BCUT2D eigenvalue weighted by Crippen LogP contribution is 2.26. The maximum atomic E-state index is 12.1. The van der Waals surface area contributed by atoms with Gasteiger partial charge in [0.1, 0.15) is 6.61 Å². The fraction of sp³-hybridized carbons (Fsp3) is 0.200. The third kappa shape index (κ3) is 3.38. The Morgan fingerprint density at radius 3 is 2.58 bits per heavy atom. The first kappa shape index (κ1) is 17.9. The average Bonchev–Trinajstić information content (AvgIpc) is 2.88. The van der Waals surface area contributed by atoms with E-state index in [1.54, 1.807) is 19.1 Å². The van der Waals surface area contributed by atoms with Crippen molar-refractivity contribution >= 4 is 23.8 Å². The van der Waals surface area contributed by atoms with Crippen LogP contribution in [0.25, 0.3) is 16.8 Å². The molecule has 0 saturated heterocycles. The fourth-order valence-electron chi connectivity index (χ4n) is 2.42. The van der Waals surface area contributed by atoms with Crippen LogP contribution in [0, 0.1) is 11.7 Å². The Morgan fingerprint density at radius 2 is 1.96 bits per heavy atom. The number of aromatic amines is 2. The van der Waals surface area contributed by atoms with Crippen LogP contribution in [0.3, 0.4) is 0 Å². The number of rotatable bonds is 3. The number of fused-ring (bicyclic) bond motifs is 1. The van der Waals surface area contributed by atoms with Gasteiger partial charge in [0.25, 0.3) is 0 Å². The molecule has 2 aromatic heterocycles. The smallest absolute Gasteiger partial charge is 0.454 e. The van der Waals surface area contributed by atoms with Crippen molar-refractivity contribution in [2.45, 2.75) is 19.7 Å². The van der Waals surface area contributed by atoms with E-state index in [0.29, 0.717) is 28.0 Å². The average molecular weight is 384 g/mol. The van der Waals surface area contributed by atoms with Gasteiger partial charge in [0.15, 0.2) is 5.65 Å². The lowest BCUT2D eigenvalue weighted by Crippen LogP contribution is -2.25. The van der Waals surface area contributed by atoms with Crippen molar-refractivity contribution in [3.05, 3.63) is 50.8 Å². The van der Waals surface area contributed by atoms with Gasteiger partial charge in [-0.3, -0.25) is 10.1 Å². The number of aromatic nitrogens is 4. The van der Waals surface area contributed by atoms with Crippen molar-refractivity contribution in [3.63, 3.8) is 0 Å². The molecule has 0 spiro atoms. The maximum absolute atomic E-state index is 12.1. The van der Waals surface area contributed by atoms with Gasteiger partial charge in [-0.25, -0.2) is 9.59 Å². The number of nitrogens with one attached hydrogen (secondary N) is 2. The second-order valence-corrected chi connectivity index (χ2v) is 5.78. The van der Waals surface area contributed by atoms with E-state index in [9.17, 15) is 22.8 Å². The summed E-state index contributed by atoms with van der Waals surface area (Å²) in [5.74, 6) is -2.24. The number of ether oxygens (including phenoxy) is 1. The molecule has 0 unspecified atom stereocenters. The van der Waals surface area contributed by atoms with Crippen LogP contribution >= 0.6 is 12.2 Å². The molecular formula is C15H11F3N4O3S. The van der Waals surface area contributed by atoms with Crippen molar-refractivity contribution in [2.24, 2.45) is 0 Å². The number of hydrogen-bond donors (Lipinski definition) is 2. The summed E-state index contributed by atoms with van der Waals surface area (Å²) in [5, 5.41) is 2.86. The van der Waals surface area contributed by atoms with E-state index in [1.165, 1.54) is 16.6 Å². The molecular weight excluding hydrogens is 373 g/mol. The summed E-state index contributed by atoms with van der Waals surface area (Å²) in [6.07, 6.45) is -5.03. The SMILES string of the molecule is Cc1[nH]n2c(=O)[nH]c(=S)nc2c1-c1ccc(COC(=O)C(F)(F)F)cc1. The fourth-order valence-corrected chi connectivity index (χ4v) is 2.60. The molecule has 0 radical (unpaired) electrons. The number of nitrogens with zero attached hydrogens (tertiary/aromatic N) is 2. The Bertz CT molecular complexity index is 1100. The van der Waals surface area contributed by atoms with Crippen molar-refractivity contribution in [3.8, 4) is 11.1 Å². The van der Waals surface area contributed by atoms with Crippen LogP contribution in [-0.4, -0.2) is 31.7 Å². The van der Waals surface area contributed by atoms with Crippen LogP contribution in [0.15, 0.2) is 29.1 Å². The van der Waals surface area contributed by atoms with Crippen LogP contribution in [0.2, 0.25) is 0 Å². The summed E-state index contributed by atoms with van der Waals surface area (Å²) in [4.78, 5) is 29.2. The molecule has 0 amide bonds. The highest BCUT2D eigenvalue weighted by molar-refractivity contribution is 7.71. The topological polar surface area (TPSA) is 92.2 Å². The number of benzene rings is 1. The zero-order chi connectivity index (χ0) is 19.1. The summed E-state index contributed by atoms with van der Waals surface area (Å²) >= 11 is 4.92. The normalized spacial score (nSPS) is 11.7. The Kier molecular flexibility index (Phi) is 4.40. The second-order valence-electron chi connectivity index (χ2n) is 5.39. The number of esters is 1. The Hall–Kier alpha value is -2.95. The molecule has 2 heterocycles. The molecule has 136 valence electrons. The lowest BCUT2D eigenvalue weighted by Gasteiger charge is -2.08. The van der Waals surface area contributed by atoms with Crippen LogP contribution in [-0.2, 0) is 16.1 Å². The molecule has 0 fully saturated rings. The lowest BCUT2D eigenvalue weighted by atomic mass is 10.0. The number of halogens is 3. The molecule has 11 heteroatoms. The first-order chi connectivity index (χ1) is 12.2. The highest BCUT2D eigenvalue weighted by Gasteiger charge is 2.40. The molecule has 3 rings (SSSR count). The molecule has 1 aromatic carbocycles. The highest BCUT2D eigenvalue weighted by atomic mass is 32.1. The number of aryl methyl sites for hydroxylation is 1. The molecule has 0 aliphatic carbocycles. The van der Waals surface area contributed by atoms with E-state index in [1.807, 2.05) is 0 Å². The molecule has 0 atom stereocenters. The van der Waals surface area contributed by atoms with E-state index < -0.39 is 24.4 Å². The van der Waals surface area contributed by atoms with Gasteiger partial charge < -0.3 is 4.74 Å². The predicted octanol–water partition coefficient (Wildman–Crippen LogP) is 2.66. The van der Waals surface area contributed by atoms with Crippen molar-refractivity contribution < 1.29 is 22.7 Å². The summed E-state index contributed by atoms with van der Waals surface area (Å²) in [5.41, 5.74) is 2.18. The lowest BCUT2D eigenvalue weighted by molar-refractivity contribution is -0.201. The minimum Gasteiger partial charge on any atom is -0.454 e. The number of hydrogen-bond acceptors (Lipinski definition) is 5. The summed E-state index contributed by atoms with van der Waals surface area (Å²) < 4.78 is 41.9. The summed E-state index contributed by atoms with van der Waals surface area (Å²) in [7, 11) is 0. The first-order valence-electron chi connectivity index (χ1n) is 7.22. The second kappa shape index (κ2) is 6.41. The third-order valence-electron chi connectivity index (χ3n) is 3.56. The van der Waals surface area contributed by atoms with Gasteiger partial charge in [0.05, 0.1) is 0 Å². The Morgan fingerprint density at radius 1 is 1.31 bits per heavy atom. The van der Waals surface area contributed by atoms with Gasteiger partial charge >= 0.3 is 17.8 Å². The van der Waals surface area contributed by atoms with Crippen LogP contribution < -0.4 is 5.69 Å². The van der Waals surface area contributed by atoms with Gasteiger partial charge in [-0.1, -0.05) is 24.3 Å². The minimum atomic E-state index is -5.03. The molecule has 3 aromatic rings. The van der Waals surface area contributed by atoms with Gasteiger partial charge in [-0.15, -0.1) is 0 Å². The molecule has 0 aliphatic rings. The van der Waals surface area contributed by atoms with Crippen molar-refractivity contribution in [2.75, 3.05) is 0 Å². The number of carbonyl (C=O) groups is 1. The standard InChI is InChI=1S/C15H11F3N4O3S/c1-7-10(11-19-13(26)20-14(24)22(11)21-7)9-4-2-8(3-5-9)6-25-12(23)15(16,17)18/h2-5,21H,6H2,1H3,(H,20,24,26). The van der Waals surface area contributed by atoms with Crippen LogP contribution in [0.5, 0.6) is 0 Å². The Labute approximate surface area is 148 Å². The van der Waals surface area contributed by atoms with E-state index in [-0.39, 0.29) is 4.77 Å². The minimum absolute atomic E-state index is 0.0333. The van der Waals surface area contributed by atoms with Crippen molar-refractivity contribution in [1.29, 1.82) is 0 Å². The van der Waals surface area contributed by atoms with E-state index in [2.05, 4.69) is 19.8 Å². The molecule has 0 bridgehead atoms. The van der Waals surface area contributed by atoms with Crippen LogP contribution in [0.1, 0.15) is 11.3 Å². The first-order valence-corrected chi connectivity index (χ1v) is 7.62. The molecule has 7 nitrogen and oxygen atoms in total. The maximum Gasteiger partial charge on any atom is 0.490 e. The molecule has 0 saturated carbocycles. The van der Waals surface area contributed by atoms with E-state index in [0.717, 1.165) is 0 Å². The monoisotopic (exact) mass is 384 g/mol. The quantitative estimate of drug-likeness (QED) is 0.535. The van der Waals surface area contributed by atoms with E-state index >= 15 is 0 Å². The van der Waals surface area contributed by atoms with Gasteiger partial charge in [-0.2, -0.15) is 22.7 Å². The summed E-state index contributed by atoms with van der Waals surface area (Å²) in [6.45, 7) is 1.24. The van der Waals surface area contributed by atoms with E-state index in [4.69, 9.17) is 12.2 Å². The third-order valence-corrected chi connectivity index (χ3v) is 3.75. The molecule has 0 aliphatic heterocycles. The Balaban J connectivity index is 1.91. The van der Waals surface area contributed by atoms with Gasteiger partial charge in [0, 0.05) is 11.3 Å². The zero-order valence-corrected chi connectivity index (χ0v) is 14.0. The van der Waals surface area contributed by atoms with Gasteiger partial charge in [-0.05, 0) is 30.3 Å². The van der Waals surface area contributed by atoms with Crippen LogP contribution in [0.4, 0.5) is 13.2 Å². The molecule has 2 N–H and O–H groups in total. The largest absolute Gasteiger partial charge is 0.490 e. The summed E-state index contributed by atoms with van der Waals surface area (Å²) in [6, 6.07) is 6.28. The predicted molar refractivity (Wildman–Crippen MR) is 87.0 cm³/mol.